The highest BCUT2D eigenvalue weighted by molar-refractivity contribution is 6.03. The minimum Gasteiger partial charge on any atom is -0.326 e. The SMILES string of the molecule is NCc1cc(NC(=O)c2cncnc2)ccc1F. The lowest BCUT2D eigenvalue weighted by Crippen LogP contribution is -2.13. The zero-order valence-corrected chi connectivity index (χ0v) is 9.43. The summed E-state index contributed by atoms with van der Waals surface area (Å²) in [6, 6.07) is 4.23. The van der Waals surface area contributed by atoms with Crippen molar-refractivity contribution in [3.63, 3.8) is 0 Å². The number of benzene rings is 1. The number of anilines is 1. The molecule has 1 aromatic carbocycles. The highest BCUT2D eigenvalue weighted by Gasteiger charge is 2.08. The van der Waals surface area contributed by atoms with Crippen LogP contribution in [0.25, 0.3) is 0 Å². The van der Waals surface area contributed by atoms with Crippen LogP contribution < -0.4 is 11.1 Å². The van der Waals surface area contributed by atoms with E-state index >= 15 is 0 Å². The Bertz CT molecular complexity index is 559. The third-order valence-corrected chi connectivity index (χ3v) is 2.35. The van der Waals surface area contributed by atoms with Gasteiger partial charge >= 0.3 is 0 Å². The van der Waals surface area contributed by atoms with Gasteiger partial charge in [0.1, 0.15) is 12.1 Å². The normalized spacial score (nSPS) is 10.1. The average Bonchev–Trinajstić information content (AvgIpc) is 2.42. The molecule has 0 spiro atoms. The number of aromatic nitrogens is 2. The van der Waals surface area contributed by atoms with Crippen molar-refractivity contribution >= 4 is 11.6 Å². The van der Waals surface area contributed by atoms with E-state index in [1.807, 2.05) is 0 Å². The van der Waals surface area contributed by atoms with Gasteiger partial charge in [-0.05, 0) is 18.2 Å². The third-order valence-electron chi connectivity index (χ3n) is 2.35. The summed E-state index contributed by atoms with van der Waals surface area (Å²) in [5.41, 5.74) is 6.54. The first-order chi connectivity index (χ1) is 8.70. The number of amides is 1. The first-order valence-electron chi connectivity index (χ1n) is 5.25. The lowest BCUT2D eigenvalue weighted by Gasteiger charge is -2.07. The highest BCUT2D eigenvalue weighted by atomic mass is 19.1. The molecular weight excluding hydrogens is 235 g/mol. The molecule has 1 amide bonds. The highest BCUT2D eigenvalue weighted by Crippen LogP contribution is 2.15. The van der Waals surface area contributed by atoms with Crippen LogP contribution in [0.2, 0.25) is 0 Å². The molecule has 1 aromatic heterocycles. The summed E-state index contributed by atoms with van der Waals surface area (Å²) in [6.45, 7) is 0.0734. The maximum Gasteiger partial charge on any atom is 0.258 e. The number of carbonyl (C=O) groups excluding carboxylic acids is 1. The minimum atomic E-state index is -0.390. The Kier molecular flexibility index (Phi) is 3.59. The monoisotopic (exact) mass is 246 g/mol. The molecule has 92 valence electrons. The zero-order chi connectivity index (χ0) is 13.0. The molecule has 3 N–H and O–H groups in total. The molecule has 0 radical (unpaired) electrons. The van der Waals surface area contributed by atoms with Crippen LogP contribution >= 0.6 is 0 Å². The van der Waals surface area contributed by atoms with E-state index in [0.717, 1.165) is 0 Å². The molecule has 0 aliphatic heterocycles. The Morgan fingerprint density at radius 3 is 2.72 bits per heavy atom. The molecule has 1 heterocycles. The number of nitrogens with one attached hydrogen (secondary N) is 1. The molecule has 6 heteroatoms. The number of rotatable bonds is 3. The van der Waals surface area contributed by atoms with Crippen LogP contribution in [-0.4, -0.2) is 15.9 Å². The van der Waals surface area contributed by atoms with Crippen molar-refractivity contribution in [2.45, 2.75) is 6.54 Å². The Balaban J connectivity index is 2.17. The van der Waals surface area contributed by atoms with E-state index in [4.69, 9.17) is 5.73 Å². The van der Waals surface area contributed by atoms with Crippen LogP contribution in [0.4, 0.5) is 10.1 Å². The average molecular weight is 246 g/mol. The number of hydrogen-bond acceptors (Lipinski definition) is 4. The summed E-state index contributed by atoms with van der Waals surface area (Å²) in [4.78, 5) is 19.3. The van der Waals surface area contributed by atoms with E-state index in [2.05, 4.69) is 15.3 Å². The van der Waals surface area contributed by atoms with Gasteiger partial charge in [-0.25, -0.2) is 14.4 Å². The molecule has 5 nitrogen and oxygen atoms in total. The Morgan fingerprint density at radius 1 is 1.33 bits per heavy atom. The van der Waals surface area contributed by atoms with Crippen molar-refractivity contribution in [2.75, 3.05) is 5.32 Å². The van der Waals surface area contributed by atoms with E-state index in [1.54, 1.807) is 0 Å². The van der Waals surface area contributed by atoms with Gasteiger partial charge in [-0.15, -0.1) is 0 Å². The first kappa shape index (κ1) is 12.1. The maximum absolute atomic E-state index is 13.2. The smallest absolute Gasteiger partial charge is 0.258 e. The van der Waals surface area contributed by atoms with Crippen LogP contribution in [0, 0.1) is 5.82 Å². The predicted octanol–water partition coefficient (Wildman–Crippen LogP) is 1.33. The molecule has 2 rings (SSSR count). The topological polar surface area (TPSA) is 80.9 Å². The Morgan fingerprint density at radius 2 is 2.06 bits per heavy atom. The summed E-state index contributed by atoms with van der Waals surface area (Å²) in [7, 11) is 0. The van der Waals surface area contributed by atoms with Crippen LogP contribution in [-0.2, 0) is 6.54 Å². The van der Waals surface area contributed by atoms with Crippen molar-refractivity contribution in [3.8, 4) is 0 Å². The van der Waals surface area contributed by atoms with Crippen LogP contribution in [0.3, 0.4) is 0 Å². The number of nitrogens with two attached hydrogens (primary N) is 1. The second-order valence-electron chi connectivity index (χ2n) is 3.59. The maximum atomic E-state index is 13.2. The summed E-state index contributed by atoms with van der Waals surface area (Å²) < 4.78 is 13.2. The summed E-state index contributed by atoms with van der Waals surface area (Å²) in [5, 5.41) is 2.62. The van der Waals surface area contributed by atoms with Gasteiger partial charge in [0.25, 0.3) is 5.91 Å². The molecule has 2 aromatic rings. The number of carbonyl (C=O) groups is 1. The molecule has 0 aliphatic rings. The molecular formula is C12H11FN4O. The molecule has 0 aliphatic carbocycles. The Hall–Kier alpha value is -2.34. The summed E-state index contributed by atoms with van der Waals surface area (Å²) in [6.07, 6.45) is 4.13. The molecule has 0 saturated carbocycles. The predicted molar refractivity (Wildman–Crippen MR) is 64.3 cm³/mol. The van der Waals surface area contributed by atoms with Gasteiger partial charge in [0, 0.05) is 30.2 Å². The molecule has 0 unspecified atom stereocenters. The lowest BCUT2D eigenvalue weighted by atomic mass is 10.2. The second kappa shape index (κ2) is 5.33. The fraction of sp³-hybridized carbons (Fsp3) is 0.0833. The second-order valence-corrected chi connectivity index (χ2v) is 3.59. The fourth-order valence-corrected chi connectivity index (χ4v) is 1.43. The van der Waals surface area contributed by atoms with Crippen molar-refractivity contribution in [2.24, 2.45) is 5.73 Å². The standard InChI is InChI=1S/C12H11FN4O/c13-11-2-1-10(3-8(11)4-14)17-12(18)9-5-15-7-16-6-9/h1-3,5-7H,4,14H2,(H,17,18). The van der Waals surface area contributed by atoms with Crippen molar-refractivity contribution in [1.29, 1.82) is 0 Å². The van der Waals surface area contributed by atoms with Crippen LogP contribution in [0.1, 0.15) is 15.9 Å². The van der Waals surface area contributed by atoms with Gasteiger partial charge in [0.15, 0.2) is 0 Å². The summed E-state index contributed by atoms with van der Waals surface area (Å²) >= 11 is 0. The fourth-order valence-electron chi connectivity index (χ4n) is 1.43. The summed E-state index contributed by atoms with van der Waals surface area (Å²) in [5.74, 6) is -0.747. The first-order valence-corrected chi connectivity index (χ1v) is 5.25. The number of hydrogen-bond donors (Lipinski definition) is 2. The zero-order valence-electron chi connectivity index (χ0n) is 9.43. The van der Waals surface area contributed by atoms with Crippen molar-refractivity contribution in [3.05, 3.63) is 53.9 Å². The molecule has 18 heavy (non-hydrogen) atoms. The molecule has 0 saturated heterocycles. The minimum absolute atomic E-state index is 0.0734. The molecule has 0 bridgehead atoms. The van der Waals surface area contributed by atoms with Gasteiger partial charge < -0.3 is 11.1 Å². The van der Waals surface area contributed by atoms with Crippen molar-refractivity contribution < 1.29 is 9.18 Å². The van der Waals surface area contributed by atoms with Gasteiger partial charge in [0.05, 0.1) is 5.56 Å². The van der Waals surface area contributed by atoms with Gasteiger partial charge in [-0.2, -0.15) is 0 Å². The number of nitrogens with zero attached hydrogens (tertiary/aromatic N) is 2. The van der Waals surface area contributed by atoms with Crippen molar-refractivity contribution in [1.82, 2.24) is 9.97 Å². The van der Waals surface area contributed by atoms with Crippen LogP contribution in [0.5, 0.6) is 0 Å². The largest absolute Gasteiger partial charge is 0.326 e. The lowest BCUT2D eigenvalue weighted by molar-refractivity contribution is 0.102. The van der Waals surface area contributed by atoms with Gasteiger partial charge in [0.2, 0.25) is 0 Å². The molecule has 0 atom stereocenters. The Labute approximate surface area is 103 Å². The van der Waals surface area contributed by atoms with Gasteiger partial charge in [-0.1, -0.05) is 0 Å². The van der Waals surface area contributed by atoms with E-state index in [0.29, 0.717) is 16.8 Å². The van der Waals surface area contributed by atoms with Crippen LogP contribution in [0.15, 0.2) is 36.9 Å². The van der Waals surface area contributed by atoms with E-state index in [-0.39, 0.29) is 12.5 Å². The number of halogens is 1. The quantitative estimate of drug-likeness (QED) is 0.856. The third kappa shape index (κ3) is 2.67. The van der Waals surface area contributed by atoms with E-state index < -0.39 is 5.82 Å². The van der Waals surface area contributed by atoms with E-state index in [9.17, 15) is 9.18 Å². The van der Waals surface area contributed by atoms with E-state index in [1.165, 1.54) is 36.9 Å². The molecule has 0 fully saturated rings. The van der Waals surface area contributed by atoms with Gasteiger partial charge in [-0.3, -0.25) is 4.79 Å².